The molecule has 1 fully saturated rings. The molecule has 1 aliphatic carbocycles. The van der Waals surface area contributed by atoms with Crippen molar-refractivity contribution in [3.63, 3.8) is 0 Å². The topological polar surface area (TPSA) is 84.5 Å². The molecular weight excluding hydrogens is 464 g/mol. The highest BCUT2D eigenvalue weighted by Crippen LogP contribution is 2.30. The minimum atomic E-state index is -0.0890. The highest BCUT2D eigenvalue weighted by Gasteiger charge is 2.30. The number of carbonyl (C=O) groups is 2. The number of amides is 2. The third-order valence-corrected chi connectivity index (χ3v) is 7.91. The Hall–Kier alpha value is -3.94. The van der Waals surface area contributed by atoms with E-state index in [2.05, 4.69) is 27.5 Å². The summed E-state index contributed by atoms with van der Waals surface area (Å²) in [6, 6.07) is 11.9. The van der Waals surface area contributed by atoms with Crippen molar-refractivity contribution < 1.29 is 9.59 Å². The van der Waals surface area contributed by atoms with Crippen molar-refractivity contribution in [3.8, 4) is 0 Å². The van der Waals surface area contributed by atoms with Crippen LogP contribution in [0, 0.1) is 0 Å². The fourth-order valence-electron chi connectivity index (χ4n) is 5.76. The second-order valence-electron chi connectivity index (χ2n) is 10.2. The fourth-order valence-corrected chi connectivity index (χ4v) is 5.76. The lowest BCUT2D eigenvalue weighted by molar-refractivity contribution is 0.0704. The average molecular weight is 497 g/mol. The predicted octanol–water partition coefficient (Wildman–Crippen LogP) is 3.90. The van der Waals surface area contributed by atoms with Crippen LogP contribution < -0.4 is 5.32 Å². The van der Waals surface area contributed by atoms with E-state index < -0.39 is 0 Å². The molecule has 1 aromatic carbocycles. The highest BCUT2D eigenvalue weighted by atomic mass is 16.2. The Labute approximate surface area is 216 Å². The molecule has 1 N–H and O–H groups in total. The zero-order valence-corrected chi connectivity index (χ0v) is 21.2. The summed E-state index contributed by atoms with van der Waals surface area (Å²) in [5.41, 5.74) is 6.81. The van der Waals surface area contributed by atoms with Crippen molar-refractivity contribution in [1.29, 1.82) is 0 Å². The molecule has 8 nitrogen and oxygen atoms in total. The lowest BCUT2D eigenvalue weighted by Crippen LogP contribution is -2.38. The van der Waals surface area contributed by atoms with Crippen LogP contribution in [0.3, 0.4) is 0 Å². The van der Waals surface area contributed by atoms with Crippen LogP contribution in [-0.4, -0.2) is 49.0 Å². The molecule has 6 rings (SSSR count). The summed E-state index contributed by atoms with van der Waals surface area (Å²) in [6.07, 6.45) is 11.7. The molecule has 0 spiro atoms. The molecule has 2 amide bonds. The van der Waals surface area contributed by atoms with Crippen molar-refractivity contribution >= 4 is 17.5 Å². The first-order valence-electron chi connectivity index (χ1n) is 13.2. The summed E-state index contributed by atoms with van der Waals surface area (Å²) < 4.78 is 3.85. The highest BCUT2D eigenvalue weighted by molar-refractivity contribution is 5.94. The molecule has 0 unspecified atom stereocenters. The monoisotopic (exact) mass is 496 g/mol. The number of carbonyl (C=O) groups excluding carboxylic acids is 2. The Morgan fingerprint density at radius 3 is 2.62 bits per heavy atom. The minimum absolute atomic E-state index is 0.0797. The van der Waals surface area contributed by atoms with E-state index in [-0.39, 0.29) is 11.8 Å². The molecule has 0 radical (unpaired) electrons. The van der Waals surface area contributed by atoms with Gasteiger partial charge in [0.15, 0.2) is 5.69 Å². The van der Waals surface area contributed by atoms with Gasteiger partial charge in [-0.15, -0.1) is 0 Å². The predicted molar refractivity (Wildman–Crippen MR) is 141 cm³/mol. The number of hydrogen-bond acceptors (Lipinski definition) is 4. The van der Waals surface area contributed by atoms with Crippen molar-refractivity contribution in [3.05, 3.63) is 88.6 Å². The summed E-state index contributed by atoms with van der Waals surface area (Å²) in [6.45, 7) is 1.92. The fraction of sp³-hybridized carbons (Fsp3) is 0.379. The first-order chi connectivity index (χ1) is 18.1. The Morgan fingerprint density at radius 2 is 1.81 bits per heavy atom. The van der Waals surface area contributed by atoms with Crippen molar-refractivity contribution in [2.45, 2.75) is 51.0 Å². The first kappa shape index (κ1) is 23.5. The van der Waals surface area contributed by atoms with Gasteiger partial charge in [0, 0.05) is 62.1 Å². The number of rotatable bonds is 5. The van der Waals surface area contributed by atoms with Gasteiger partial charge in [0.25, 0.3) is 11.8 Å². The molecule has 4 heterocycles. The van der Waals surface area contributed by atoms with Gasteiger partial charge in [0.2, 0.25) is 0 Å². The maximum atomic E-state index is 13.3. The number of imidazole rings is 1. The van der Waals surface area contributed by atoms with Crippen LogP contribution >= 0.6 is 0 Å². The number of piperidine rings is 1. The lowest BCUT2D eigenvalue weighted by Gasteiger charge is -2.32. The smallest absolute Gasteiger partial charge is 0.274 e. The minimum Gasteiger partial charge on any atom is -0.348 e. The van der Waals surface area contributed by atoms with Crippen LogP contribution in [0.2, 0.25) is 0 Å². The number of aryl methyl sites for hydroxylation is 1. The number of likely N-dealkylation sites (tertiary alicyclic amines) is 1. The molecule has 0 atom stereocenters. The normalized spacial score (nSPS) is 16.1. The molecule has 190 valence electrons. The van der Waals surface area contributed by atoms with E-state index in [1.54, 1.807) is 6.20 Å². The maximum Gasteiger partial charge on any atom is 0.274 e. The Kier molecular flexibility index (Phi) is 6.24. The van der Waals surface area contributed by atoms with Gasteiger partial charge in [-0.2, -0.15) is 5.10 Å². The zero-order chi connectivity index (χ0) is 25.4. The Bertz CT molecular complexity index is 1440. The molecule has 4 aromatic rings. The third kappa shape index (κ3) is 4.63. The number of fused-ring (bicyclic) bond motifs is 2. The zero-order valence-electron chi connectivity index (χ0n) is 21.2. The summed E-state index contributed by atoms with van der Waals surface area (Å²) in [4.78, 5) is 32.2. The number of aromatic nitrogens is 4. The summed E-state index contributed by atoms with van der Waals surface area (Å²) >= 11 is 0. The summed E-state index contributed by atoms with van der Waals surface area (Å²) in [7, 11) is 1.96. The number of benzene rings is 1. The van der Waals surface area contributed by atoms with E-state index in [0.29, 0.717) is 23.7 Å². The standard InChI is InChI=1S/C29H32N6O2/c1-33-25-5-3-2-4-24(25)27(32-33)29(37)35-15-11-22(12-16-35)21-6-8-23(9-7-21)28(36)31-19-20-10-14-34-17-13-30-26(34)18-20/h6-10,13-14,17-18,22H,2-5,11-12,15-16,19H2,1H3,(H,31,36). The van der Waals surface area contributed by atoms with Crippen LogP contribution in [-0.2, 0) is 26.4 Å². The van der Waals surface area contributed by atoms with Gasteiger partial charge in [0.1, 0.15) is 5.65 Å². The van der Waals surface area contributed by atoms with Gasteiger partial charge in [0.05, 0.1) is 0 Å². The summed E-state index contributed by atoms with van der Waals surface area (Å²) in [5.74, 6) is 0.380. The number of nitrogens with zero attached hydrogens (tertiary/aromatic N) is 5. The van der Waals surface area contributed by atoms with Crippen LogP contribution in [0.5, 0.6) is 0 Å². The molecule has 0 bridgehead atoms. The van der Waals surface area contributed by atoms with E-state index in [9.17, 15) is 9.59 Å². The Morgan fingerprint density at radius 1 is 1.03 bits per heavy atom. The van der Waals surface area contributed by atoms with E-state index in [1.807, 2.05) is 57.7 Å². The largest absolute Gasteiger partial charge is 0.348 e. The van der Waals surface area contributed by atoms with Crippen LogP contribution in [0.15, 0.2) is 55.0 Å². The molecule has 1 aliphatic heterocycles. The molecule has 3 aromatic heterocycles. The maximum absolute atomic E-state index is 13.3. The van der Waals surface area contributed by atoms with Gasteiger partial charge in [-0.1, -0.05) is 12.1 Å². The lowest BCUT2D eigenvalue weighted by atomic mass is 9.88. The molecule has 0 saturated carbocycles. The van der Waals surface area contributed by atoms with E-state index in [4.69, 9.17) is 0 Å². The van der Waals surface area contributed by atoms with Gasteiger partial charge in [-0.25, -0.2) is 4.98 Å². The van der Waals surface area contributed by atoms with E-state index >= 15 is 0 Å². The second-order valence-corrected chi connectivity index (χ2v) is 10.2. The Balaban J connectivity index is 1.04. The number of pyridine rings is 1. The van der Waals surface area contributed by atoms with Crippen LogP contribution in [0.25, 0.3) is 5.65 Å². The first-order valence-corrected chi connectivity index (χ1v) is 13.2. The average Bonchev–Trinajstić information content (AvgIpc) is 3.55. The van der Waals surface area contributed by atoms with Gasteiger partial charge in [-0.3, -0.25) is 14.3 Å². The number of hydrogen-bond donors (Lipinski definition) is 1. The van der Waals surface area contributed by atoms with Gasteiger partial charge < -0.3 is 14.6 Å². The third-order valence-electron chi connectivity index (χ3n) is 7.91. The van der Waals surface area contributed by atoms with Crippen molar-refractivity contribution in [2.24, 2.45) is 7.05 Å². The van der Waals surface area contributed by atoms with Gasteiger partial charge in [-0.05, 0) is 79.8 Å². The van der Waals surface area contributed by atoms with Gasteiger partial charge >= 0.3 is 0 Å². The van der Waals surface area contributed by atoms with E-state index in [1.165, 1.54) is 17.7 Å². The van der Waals surface area contributed by atoms with Crippen molar-refractivity contribution in [1.82, 2.24) is 29.4 Å². The molecule has 1 saturated heterocycles. The quantitative estimate of drug-likeness (QED) is 0.454. The second kappa shape index (κ2) is 9.84. The summed E-state index contributed by atoms with van der Waals surface area (Å²) in [5, 5.41) is 7.60. The van der Waals surface area contributed by atoms with Crippen LogP contribution in [0.1, 0.15) is 74.8 Å². The molecular formula is C29H32N6O2. The molecule has 37 heavy (non-hydrogen) atoms. The van der Waals surface area contributed by atoms with Crippen molar-refractivity contribution in [2.75, 3.05) is 13.1 Å². The molecule has 8 heteroatoms. The SMILES string of the molecule is Cn1nc(C(=O)N2CCC(c3ccc(C(=O)NCc4ccn5ccnc5c4)cc3)CC2)c2c1CCCC2. The van der Waals surface area contributed by atoms with E-state index in [0.717, 1.165) is 62.0 Å². The number of nitrogens with one attached hydrogen (secondary N) is 1. The van der Waals surface area contributed by atoms with Crippen LogP contribution in [0.4, 0.5) is 0 Å². The molecule has 2 aliphatic rings.